The Hall–Kier alpha value is -2.35. The molecule has 0 aliphatic carbocycles. The van der Waals surface area contributed by atoms with E-state index in [2.05, 4.69) is 5.32 Å². The van der Waals surface area contributed by atoms with Gasteiger partial charge < -0.3 is 10.2 Å². The zero-order valence-corrected chi connectivity index (χ0v) is 11.4. The van der Waals surface area contributed by atoms with E-state index in [0.29, 0.717) is 17.8 Å². The Labute approximate surface area is 118 Å². The third kappa shape index (κ3) is 3.15. The molecule has 20 heavy (non-hydrogen) atoms. The van der Waals surface area contributed by atoms with Gasteiger partial charge in [0, 0.05) is 18.3 Å². The number of amides is 2. The number of benzene rings is 1. The average molecular weight is 271 g/mol. The zero-order chi connectivity index (χ0) is 14.5. The Morgan fingerprint density at radius 2 is 2.00 bits per heavy atom. The van der Waals surface area contributed by atoms with Crippen molar-refractivity contribution in [1.29, 1.82) is 5.26 Å². The van der Waals surface area contributed by atoms with Crippen LogP contribution in [0.4, 0.5) is 5.69 Å². The molecular formula is C15H17N3O2. The number of anilines is 1. The minimum Gasteiger partial charge on any atom is -0.332 e. The van der Waals surface area contributed by atoms with Crippen LogP contribution in [0, 0.1) is 11.3 Å². The van der Waals surface area contributed by atoms with E-state index < -0.39 is 11.8 Å². The number of piperidine rings is 1. The first-order valence-electron chi connectivity index (χ1n) is 6.74. The second-order valence-electron chi connectivity index (χ2n) is 4.99. The number of hydrogen-bond donors (Lipinski definition) is 1. The Balaban J connectivity index is 2.00. The van der Waals surface area contributed by atoms with Gasteiger partial charge in [0.2, 0.25) is 0 Å². The summed E-state index contributed by atoms with van der Waals surface area (Å²) in [7, 11) is 0. The summed E-state index contributed by atoms with van der Waals surface area (Å²) in [6.07, 6.45) is 2.98. The van der Waals surface area contributed by atoms with Crippen LogP contribution in [0.2, 0.25) is 0 Å². The van der Waals surface area contributed by atoms with Gasteiger partial charge in [-0.05, 0) is 50.5 Å². The molecule has 1 heterocycles. The van der Waals surface area contributed by atoms with E-state index >= 15 is 0 Å². The van der Waals surface area contributed by atoms with Crippen molar-refractivity contribution in [2.45, 2.75) is 32.2 Å². The van der Waals surface area contributed by atoms with E-state index in [1.165, 1.54) is 0 Å². The lowest BCUT2D eigenvalue weighted by Gasteiger charge is -2.32. The molecule has 1 unspecified atom stereocenters. The van der Waals surface area contributed by atoms with Gasteiger partial charge >= 0.3 is 11.8 Å². The van der Waals surface area contributed by atoms with E-state index in [9.17, 15) is 9.59 Å². The summed E-state index contributed by atoms with van der Waals surface area (Å²) in [5, 5.41) is 11.3. The van der Waals surface area contributed by atoms with Crippen LogP contribution in [0.5, 0.6) is 0 Å². The molecule has 2 amide bonds. The highest BCUT2D eigenvalue weighted by Crippen LogP contribution is 2.17. The molecule has 1 aromatic carbocycles. The van der Waals surface area contributed by atoms with E-state index in [1.807, 2.05) is 13.0 Å². The van der Waals surface area contributed by atoms with Crippen LogP contribution in [0.3, 0.4) is 0 Å². The molecule has 1 fully saturated rings. The van der Waals surface area contributed by atoms with Crippen molar-refractivity contribution >= 4 is 17.5 Å². The second-order valence-corrected chi connectivity index (χ2v) is 4.99. The van der Waals surface area contributed by atoms with E-state index in [0.717, 1.165) is 19.3 Å². The summed E-state index contributed by atoms with van der Waals surface area (Å²) in [5.41, 5.74) is 1.03. The van der Waals surface area contributed by atoms with Crippen molar-refractivity contribution in [3.05, 3.63) is 29.8 Å². The van der Waals surface area contributed by atoms with Crippen LogP contribution in [0.25, 0.3) is 0 Å². The number of nitriles is 1. The summed E-state index contributed by atoms with van der Waals surface area (Å²) in [5.74, 6) is -1.11. The summed E-state index contributed by atoms with van der Waals surface area (Å²) >= 11 is 0. The van der Waals surface area contributed by atoms with Gasteiger partial charge in [0.25, 0.3) is 0 Å². The number of nitrogens with one attached hydrogen (secondary N) is 1. The number of carbonyl (C=O) groups is 2. The molecule has 1 aromatic rings. The van der Waals surface area contributed by atoms with Gasteiger partial charge in [0.1, 0.15) is 0 Å². The minimum atomic E-state index is -0.622. The number of nitrogens with zero attached hydrogens (tertiary/aromatic N) is 2. The van der Waals surface area contributed by atoms with Gasteiger partial charge in [-0.1, -0.05) is 0 Å². The summed E-state index contributed by atoms with van der Waals surface area (Å²) in [6.45, 7) is 2.60. The standard InChI is InChI=1S/C15H17N3O2/c1-11-4-2-3-9-18(11)15(20)14(19)17-13-7-5-12(10-16)6-8-13/h5-8,11H,2-4,9H2,1H3,(H,17,19). The highest BCUT2D eigenvalue weighted by atomic mass is 16.2. The molecule has 0 aromatic heterocycles. The predicted molar refractivity (Wildman–Crippen MR) is 74.8 cm³/mol. The number of hydrogen-bond acceptors (Lipinski definition) is 3. The van der Waals surface area contributed by atoms with Crippen LogP contribution in [0.15, 0.2) is 24.3 Å². The molecule has 1 saturated heterocycles. The molecule has 0 bridgehead atoms. The number of carbonyl (C=O) groups excluding carboxylic acids is 2. The normalized spacial score (nSPS) is 18.2. The minimum absolute atomic E-state index is 0.114. The maximum Gasteiger partial charge on any atom is 0.313 e. The Kier molecular flexibility index (Phi) is 4.36. The molecule has 1 N–H and O–H groups in total. The topological polar surface area (TPSA) is 73.2 Å². The SMILES string of the molecule is CC1CCCCN1C(=O)C(=O)Nc1ccc(C#N)cc1. The van der Waals surface area contributed by atoms with Gasteiger partial charge in [-0.2, -0.15) is 5.26 Å². The van der Waals surface area contributed by atoms with E-state index in [-0.39, 0.29) is 6.04 Å². The lowest BCUT2D eigenvalue weighted by molar-refractivity contribution is -0.145. The fourth-order valence-electron chi connectivity index (χ4n) is 2.34. The van der Waals surface area contributed by atoms with Crippen molar-refractivity contribution < 1.29 is 9.59 Å². The first kappa shape index (κ1) is 14.1. The van der Waals surface area contributed by atoms with Crippen LogP contribution >= 0.6 is 0 Å². The van der Waals surface area contributed by atoms with Crippen molar-refractivity contribution in [1.82, 2.24) is 4.90 Å². The van der Waals surface area contributed by atoms with Crippen molar-refractivity contribution in [3.63, 3.8) is 0 Å². The maximum atomic E-state index is 12.1. The lowest BCUT2D eigenvalue weighted by atomic mass is 10.0. The van der Waals surface area contributed by atoms with Gasteiger partial charge in [0.05, 0.1) is 11.6 Å². The second kappa shape index (κ2) is 6.20. The fourth-order valence-corrected chi connectivity index (χ4v) is 2.34. The van der Waals surface area contributed by atoms with Crippen LogP contribution in [-0.4, -0.2) is 29.3 Å². The van der Waals surface area contributed by atoms with E-state index in [1.54, 1.807) is 29.2 Å². The lowest BCUT2D eigenvalue weighted by Crippen LogP contribution is -2.47. The van der Waals surface area contributed by atoms with Crippen molar-refractivity contribution in [2.24, 2.45) is 0 Å². The van der Waals surface area contributed by atoms with Gasteiger partial charge in [-0.25, -0.2) is 0 Å². The molecule has 5 heteroatoms. The van der Waals surface area contributed by atoms with Gasteiger partial charge in [0.15, 0.2) is 0 Å². The molecule has 2 rings (SSSR count). The molecule has 0 spiro atoms. The van der Waals surface area contributed by atoms with Crippen molar-refractivity contribution in [2.75, 3.05) is 11.9 Å². The van der Waals surface area contributed by atoms with Crippen molar-refractivity contribution in [3.8, 4) is 6.07 Å². The Bertz CT molecular complexity index is 545. The summed E-state index contributed by atoms with van der Waals surface area (Å²) < 4.78 is 0. The summed E-state index contributed by atoms with van der Waals surface area (Å²) in [4.78, 5) is 25.7. The molecule has 0 radical (unpaired) electrons. The smallest absolute Gasteiger partial charge is 0.313 e. The molecule has 104 valence electrons. The van der Waals surface area contributed by atoms with Gasteiger partial charge in [-0.15, -0.1) is 0 Å². The Morgan fingerprint density at radius 1 is 1.30 bits per heavy atom. The monoisotopic (exact) mass is 271 g/mol. The predicted octanol–water partition coefficient (Wildman–Crippen LogP) is 1.90. The average Bonchev–Trinajstić information content (AvgIpc) is 2.48. The Morgan fingerprint density at radius 3 is 2.60 bits per heavy atom. The molecule has 1 aliphatic heterocycles. The number of likely N-dealkylation sites (tertiary alicyclic amines) is 1. The van der Waals surface area contributed by atoms with Crippen LogP contribution < -0.4 is 5.32 Å². The maximum absolute atomic E-state index is 12.1. The zero-order valence-electron chi connectivity index (χ0n) is 11.4. The summed E-state index contributed by atoms with van der Waals surface area (Å²) in [6, 6.07) is 8.54. The largest absolute Gasteiger partial charge is 0.332 e. The molecule has 1 atom stereocenters. The first-order valence-corrected chi connectivity index (χ1v) is 6.74. The third-order valence-corrected chi connectivity index (χ3v) is 3.53. The third-order valence-electron chi connectivity index (χ3n) is 3.53. The molecular weight excluding hydrogens is 254 g/mol. The van der Waals surface area contributed by atoms with Gasteiger partial charge in [-0.3, -0.25) is 9.59 Å². The molecule has 1 aliphatic rings. The van der Waals surface area contributed by atoms with Crippen LogP contribution in [-0.2, 0) is 9.59 Å². The first-order chi connectivity index (χ1) is 9.61. The highest BCUT2D eigenvalue weighted by molar-refractivity contribution is 6.39. The quantitative estimate of drug-likeness (QED) is 0.793. The fraction of sp³-hybridized carbons (Fsp3) is 0.400. The molecule has 0 saturated carbocycles. The van der Waals surface area contributed by atoms with E-state index in [4.69, 9.17) is 5.26 Å². The van der Waals surface area contributed by atoms with Crippen LogP contribution in [0.1, 0.15) is 31.7 Å². The molecule has 5 nitrogen and oxygen atoms in total. The number of rotatable bonds is 1. The highest BCUT2D eigenvalue weighted by Gasteiger charge is 2.28.